The van der Waals surface area contributed by atoms with Gasteiger partial charge in [0, 0.05) is 0 Å². The van der Waals surface area contributed by atoms with E-state index in [1.165, 1.54) is 11.3 Å². The maximum Gasteiger partial charge on any atom is 0.229 e. The van der Waals surface area contributed by atoms with E-state index in [9.17, 15) is 4.79 Å². The molecular weight excluding hydrogens is 324 g/mol. The molecule has 0 fully saturated rings. The first-order chi connectivity index (χ1) is 11.7. The van der Waals surface area contributed by atoms with Crippen LogP contribution in [0.1, 0.15) is 13.3 Å². The van der Waals surface area contributed by atoms with Crippen LogP contribution in [0.15, 0.2) is 48.5 Å². The van der Waals surface area contributed by atoms with Gasteiger partial charge in [0.25, 0.3) is 0 Å². The number of amides is 1. The number of carbonyl (C=O) groups is 1. The van der Waals surface area contributed by atoms with E-state index in [0.717, 1.165) is 16.0 Å². The molecule has 0 aliphatic carbocycles. The van der Waals surface area contributed by atoms with Gasteiger partial charge in [0.15, 0.2) is 5.13 Å². The topological polar surface area (TPSA) is 60.5 Å². The Morgan fingerprint density at radius 2 is 1.79 bits per heavy atom. The van der Waals surface area contributed by atoms with Gasteiger partial charge >= 0.3 is 0 Å². The van der Waals surface area contributed by atoms with Crippen LogP contribution in [0.3, 0.4) is 0 Å². The molecule has 0 spiro atoms. The number of hydrogen-bond acceptors (Lipinski definition) is 5. The van der Waals surface area contributed by atoms with E-state index in [1.54, 1.807) is 0 Å². The standard InChI is InChI=1S/C18H18N2O3S/c1-2-22-13-7-9-14(10-8-13)23-12-11-17(21)20-18-19-15-5-3-4-6-16(15)24-18/h3-10H,2,11-12H2,1H3,(H,19,20,21). The Hall–Kier alpha value is -2.60. The molecule has 0 aliphatic heterocycles. The van der Waals surface area contributed by atoms with E-state index in [-0.39, 0.29) is 12.3 Å². The van der Waals surface area contributed by atoms with Gasteiger partial charge in [0.1, 0.15) is 11.5 Å². The van der Waals surface area contributed by atoms with E-state index in [4.69, 9.17) is 9.47 Å². The first-order valence-electron chi connectivity index (χ1n) is 7.75. The minimum absolute atomic E-state index is 0.111. The third-order valence-corrected chi connectivity index (χ3v) is 4.22. The van der Waals surface area contributed by atoms with E-state index in [1.807, 2.05) is 55.5 Å². The normalized spacial score (nSPS) is 10.5. The van der Waals surface area contributed by atoms with Gasteiger partial charge in [-0.3, -0.25) is 4.79 Å². The second kappa shape index (κ2) is 7.79. The van der Waals surface area contributed by atoms with Gasteiger partial charge in [0.2, 0.25) is 5.91 Å². The molecule has 6 heteroatoms. The van der Waals surface area contributed by atoms with Crippen LogP contribution in [-0.4, -0.2) is 24.1 Å². The Labute approximate surface area is 144 Å². The molecule has 0 aliphatic rings. The largest absolute Gasteiger partial charge is 0.494 e. The van der Waals surface area contributed by atoms with Gasteiger partial charge in [-0.1, -0.05) is 23.5 Å². The average molecular weight is 342 g/mol. The third kappa shape index (κ3) is 4.23. The Morgan fingerprint density at radius 1 is 1.08 bits per heavy atom. The highest BCUT2D eigenvalue weighted by Gasteiger charge is 2.07. The van der Waals surface area contributed by atoms with Crippen molar-refractivity contribution in [3.05, 3.63) is 48.5 Å². The highest BCUT2D eigenvalue weighted by atomic mass is 32.1. The minimum atomic E-state index is -0.111. The number of nitrogens with zero attached hydrogens (tertiary/aromatic N) is 1. The van der Waals surface area contributed by atoms with Crippen LogP contribution < -0.4 is 14.8 Å². The highest BCUT2D eigenvalue weighted by Crippen LogP contribution is 2.25. The Bertz CT molecular complexity index is 782. The van der Waals surface area contributed by atoms with Crippen LogP contribution in [0.4, 0.5) is 5.13 Å². The summed E-state index contributed by atoms with van der Waals surface area (Å²) in [5, 5.41) is 3.43. The molecule has 0 atom stereocenters. The molecule has 0 unspecified atom stereocenters. The highest BCUT2D eigenvalue weighted by molar-refractivity contribution is 7.22. The number of hydrogen-bond donors (Lipinski definition) is 1. The molecule has 0 radical (unpaired) electrons. The zero-order valence-electron chi connectivity index (χ0n) is 13.3. The van der Waals surface area contributed by atoms with Gasteiger partial charge in [-0.25, -0.2) is 4.98 Å². The van der Waals surface area contributed by atoms with Crippen molar-refractivity contribution in [3.63, 3.8) is 0 Å². The molecule has 1 aromatic heterocycles. The van der Waals surface area contributed by atoms with Crippen molar-refractivity contribution in [2.24, 2.45) is 0 Å². The second-order valence-corrected chi connectivity index (χ2v) is 6.07. The molecule has 124 valence electrons. The number of fused-ring (bicyclic) bond motifs is 1. The molecule has 0 bridgehead atoms. The molecule has 3 rings (SSSR count). The maximum absolute atomic E-state index is 12.0. The molecule has 1 N–H and O–H groups in total. The first kappa shape index (κ1) is 16.3. The Morgan fingerprint density at radius 3 is 2.50 bits per heavy atom. The molecule has 5 nitrogen and oxygen atoms in total. The van der Waals surface area contributed by atoms with Crippen molar-refractivity contribution < 1.29 is 14.3 Å². The minimum Gasteiger partial charge on any atom is -0.494 e. The molecule has 1 amide bonds. The fourth-order valence-electron chi connectivity index (χ4n) is 2.17. The Balaban J connectivity index is 1.46. The van der Waals surface area contributed by atoms with Crippen LogP contribution in [0.25, 0.3) is 10.2 Å². The number of benzene rings is 2. The van der Waals surface area contributed by atoms with Crippen LogP contribution in [-0.2, 0) is 4.79 Å². The van der Waals surface area contributed by atoms with Gasteiger partial charge in [-0.15, -0.1) is 0 Å². The summed E-state index contributed by atoms with van der Waals surface area (Å²) in [5.41, 5.74) is 0.892. The second-order valence-electron chi connectivity index (χ2n) is 5.04. The van der Waals surface area contributed by atoms with Crippen molar-refractivity contribution in [1.82, 2.24) is 4.98 Å². The fourth-order valence-corrected chi connectivity index (χ4v) is 3.05. The molecule has 3 aromatic rings. The summed E-state index contributed by atoms with van der Waals surface area (Å²) in [5.74, 6) is 1.41. The van der Waals surface area contributed by atoms with Crippen LogP contribution in [0.2, 0.25) is 0 Å². The molecule has 1 heterocycles. The van der Waals surface area contributed by atoms with Gasteiger partial charge in [-0.05, 0) is 43.3 Å². The van der Waals surface area contributed by atoms with Crippen molar-refractivity contribution in [3.8, 4) is 11.5 Å². The van der Waals surface area contributed by atoms with E-state index < -0.39 is 0 Å². The smallest absolute Gasteiger partial charge is 0.229 e. The van der Waals surface area contributed by atoms with Crippen molar-refractivity contribution >= 4 is 32.6 Å². The van der Waals surface area contributed by atoms with Crippen molar-refractivity contribution in [1.29, 1.82) is 0 Å². The number of nitrogens with one attached hydrogen (secondary N) is 1. The number of para-hydroxylation sites is 1. The molecule has 2 aromatic carbocycles. The number of thiazole rings is 1. The van der Waals surface area contributed by atoms with E-state index >= 15 is 0 Å². The van der Waals surface area contributed by atoms with Crippen molar-refractivity contribution in [2.75, 3.05) is 18.5 Å². The number of aromatic nitrogens is 1. The van der Waals surface area contributed by atoms with Gasteiger partial charge in [-0.2, -0.15) is 0 Å². The summed E-state index contributed by atoms with van der Waals surface area (Å²) in [4.78, 5) is 16.4. The zero-order valence-corrected chi connectivity index (χ0v) is 14.1. The summed E-state index contributed by atoms with van der Waals surface area (Å²) in [6.45, 7) is 2.88. The van der Waals surface area contributed by atoms with E-state index in [0.29, 0.717) is 24.1 Å². The van der Waals surface area contributed by atoms with Gasteiger partial charge < -0.3 is 14.8 Å². The average Bonchev–Trinajstić information content (AvgIpc) is 2.99. The lowest BCUT2D eigenvalue weighted by atomic mass is 10.3. The molecule has 0 saturated heterocycles. The van der Waals surface area contributed by atoms with Crippen LogP contribution in [0.5, 0.6) is 11.5 Å². The first-order valence-corrected chi connectivity index (χ1v) is 8.57. The lowest BCUT2D eigenvalue weighted by Gasteiger charge is -2.07. The number of ether oxygens (including phenoxy) is 2. The number of anilines is 1. The summed E-state index contributed by atoms with van der Waals surface area (Å²) in [6.07, 6.45) is 0.267. The van der Waals surface area contributed by atoms with Crippen LogP contribution >= 0.6 is 11.3 Å². The fraction of sp³-hybridized carbons (Fsp3) is 0.222. The lowest BCUT2D eigenvalue weighted by Crippen LogP contribution is -2.15. The van der Waals surface area contributed by atoms with Gasteiger partial charge in [0.05, 0.1) is 29.9 Å². The maximum atomic E-state index is 12.0. The quantitative estimate of drug-likeness (QED) is 0.702. The van der Waals surface area contributed by atoms with E-state index in [2.05, 4.69) is 10.3 Å². The Kier molecular flexibility index (Phi) is 5.28. The lowest BCUT2D eigenvalue weighted by molar-refractivity contribution is -0.116. The summed E-state index contributed by atoms with van der Waals surface area (Å²) >= 11 is 1.46. The monoisotopic (exact) mass is 342 g/mol. The molecule has 24 heavy (non-hydrogen) atoms. The SMILES string of the molecule is CCOc1ccc(OCCC(=O)Nc2nc3ccccc3s2)cc1. The predicted molar refractivity (Wildman–Crippen MR) is 96.0 cm³/mol. The number of rotatable bonds is 7. The third-order valence-electron chi connectivity index (χ3n) is 3.27. The van der Waals surface area contributed by atoms with Crippen molar-refractivity contribution in [2.45, 2.75) is 13.3 Å². The molecule has 0 saturated carbocycles. The number of carbonyl (C=O) groups excluding carboxylic acids is 1. The molecular formula is C18H18N2O3S. The zero-order chi connectivity index (χ0) is 16.8. The summed E-state index contributed by atoms with van der Waals surface area (Å²) < 4.78 is 12.0. The summed E-state index contributed by atoms with van der Waals surface area (Å²) in [7, 11) is 0. The predicted octanol–water partition coefficient (Wildman–Crippen LogP) is 4.10. The van der Waals surface area contributed by atoms with Crippen LogP contribution in [0, 0.1) is 0 Å². The summed E-state index contributed by atoms with van der Waals surface area (Å²) in [6, 6.07) is 15.1.